The number of terminal acetylenes is 2. The van der Waals surface area contributed by atoms with Crippen molar-refractivity contribution in [3.05, 3.63) is 65.2 Å². The second kappa shape index (κ2) is 24.8. The molecule has 2 aliphatic rings. The summed E-state index contributed by atoms with van der Waals surface area (Å²) in [5.41, 5.74) is -3.76. The van der Waals surface area contributed by atoms with Crippen molar-refractivity contribution in [2.45, 2.75) is 78.4 Å². The van der Waals surface area contributed by atoms with E-state index in [0.29, 0.717) is 0 Å². The molecule has 0 spiro atoms. The minimum absolute atomic E-state index is 0. The van der Waals surface area contributed by atoms with Crippen LogP contribution in [0.1, 0.15) is 65.1 Å². The van der Waals surface area contributed by atoms with E-state index in [2.05, 4.69) is 44.1 Å². The Kier molecular flexibility index (Phi) is 23.6. The zero-order valence-corrected chi connectivity index (χ0v) is 36.1. The molecule has 2 aromatic rings. The summed E-state index contributed by atoms with van der Waals surface area (Å²) < 4.78 is 103. The molecule has 2 aromatic heterocycles. The molecule has 66 heavy (non-hydrogen) atoms. The molecule has 2 aliphatic heterocycles. The quantitative estimate of drug-likeness (QED) is 0.0732. The van der Waals surface area contributed by atoms with Crippen LogP contribution < -0.4 is 22.5 Å². The lowest BCUT2D eigenvalue weighted by Crippen LogP contribution is -2.33. The Morgan fingerprint density at radius 2 is 0.985 bits per heavy atom. The monoisotopic (exact) mass is 1070 g/mol. The lowest BCUT2D eigenvalue weighted by atomic mass is 10.2. The summed E-state index contributed by atoms with van der Waals surface area (Å²) in [5, 5.41) is 20.1. The van der Waals surface area contributed by atoms with Gasteiger partial charge in [-0.3, -0.25) is 37.7 Å². The summed E-state index contributed by atoms with van der Waals surface area (Å²) in [6.07, 6.45) is 4.03. The highest BCUT2D eigenvalue weighted by Gasteiger charge is 2.44. The lowest BCUT2D eigenvalue weighted by Gasteiger charge is -2.19. The van der Waals surface area contributed by atoms with Gasteiger partial charge >= 0.3 is 58.3 Å². The average molecular weight is 1070 g/mol. The molecule has 4 heterocycles. The minimum atomic E-state index is -5.71. The number of rotatable bonds is 16. The van der Waals surface area contributed by atoms with Gasteiger partial charge in [-0.2, -0.15) is 17.2 Å². The van der Waals surface area contributed by atoms with E-state index in [4.69, 9.17) is 51.7 Å². The third-order valence-electron chi connectivity index (χ3n) is 7.17. The number of nitrogens with zero attached hydrogens (tertiary/aromatic N) is 2. The Morgan fingerprint density at radius 3 is 1.33 bits per heavy atom. The Hall–Kier alpha value is -3.30. The van der Waals surface area contributed by atoms with Gasteiger partial charge in [0.2, 0.25) is 0 Å². The van der Waals surface area contributed by atoms with Gasteiger partial charge in [0.05, 0.1) is 31.8 Å². The van der Waals surface area contributed by atoms with Crippen LogP contribution in [0.4, 0.5) is 0 Å². The molecule has 0 saturated carbocycles. The predicted molar refractivity (Wildman–Crippen MR) is 220 cm³/mol. The maximum Gasteiger partial charge on any atom is 0.490 e. The Labute approximate surface area is 371 Å². The molecular formula is C28H44N4O28P6. The number of aromatic amines is 2. The highest BCUT2D eigenvalue weighted by Crippen LogP contribution is 2.67. The highest BCUT2D eigenvalue weighted by molar-refractivity contribution is 7.67. The summed E-state index contributed by atoms with van der Waals surface area (Å²) in [5.74, 6) is 9.26. The van der Waals surface area contributed by atoms with E-state index in [1.807, 2.05) is 15.9 Å². The van der Waals surface area contributed by atoms with E-state index >= 15 is 0 Å². The topological polar surface area (TPSA) is 488 Å². The van der Waals surface area contributed by atoms with Crippen molar-refractivity contribution in [3.8, 4) is 36.5 Å². The largest absolute Gasteiger partial charge is 0.490 e. The average Bonchev–Trinajstić information content (AvgIpc) is 3.65. The first-order valence-electron chi connectivity index (χ1n) is 16.1. The zero-order valence-electron chi connectivity index (χ0n) is 30.7. The van der Waals surface area contributed by atoms with Crippen LogP contribution in [0.5, 0.6) is 0 Å². The first kappa shape index (κ1) is 62.7. The molecule has 4 rings (SSSR count). The second-order valence-electron chi connectivity index (χ2n) is 11.9. The number of phosphoric acid groups is 6. The number of H-pyrrole nitrogens is 2. The van der Waals surface area contributed by atoms with E-state index in [9.17, 15) is 66.6 Å². The van der Waals surface area contributed by atoms with Gasteiger partial charge in [-0.25, -0.2) is 37.0 Å². The fourth-order valence-electron chi connectivity index (χ4n) is 4.79. The number of hydrogen-bond acceptors (Lipinski definition) is 20. The number of ether oxygens (including phenoxy) is 2. The molecule has 10 atom stereocenters. The van der Waals surface area contributed by atoms with Gasteiger partial charge in [0.15, 0.2) is 0 Å². The molecular weight excluding hydrogens is 1030 g/mol. The lowest BCUT2D eigenvalue weighted by molar-refractivity contribution is -0.0450. The number of aromatic nitrogens is 4. The molecule has 0 aromatic carbocycles. The minimum Gasteiger partial charge on any atom is -0.390 e. The summed E-state index contributed by atoms with van der Waals surface area (Å²) in [6.45, 7) is -1.84. The standard InChI is InChI=1S/C14H17N2O14P3.C11H15N2O14P3.3CH4/c1-2-3-4-5-9-7-16(14(19)15-13(9)18)12-6-10(17)11(28-12)8-27-32(23,24)30-33(25,26)29-31(20,21)22;1-2-6-4-13(11(16)12-10(6)15)9-3-7(14)8(25-9)5-24-29(20,21)27-30(22,23)26-28(17,18)19;;;/h1,7,10-12,17H,3,6,8H2,(H,23,24)(H,25,26)(H,15,18,19)(H2,20,21,22);1,4,7-9,14H,3,5H2,(H,20,21)(H,22,23)(H,12,15,16)(H2,17,18,19);3*1H4/t10?,11-,12-;7?,8-,9-;;;/m11.../s1. The molecule has 2 saturated heterocycles. The van der Waals surface area contributed by atoms with Gasteiger partial charge in [0.1, 0.15) is 35.8 Å². The van der Waals surface area contributed by atoms with Gasteiger partial charge in [-0.05, 0) is 0 Å². The van der Waals surface area contributed by atoms with Crippen molar-refractivity contribution in [1.29, 1.82) is 0 Å². The SMILES string of the molecule is C.C.C.C#CCC#Cc1cn([C@H]2CC(O)[C@@H](COP(=O)(O)OP(=O)(O)OP(=O)(O)O)O2)c(=O)[nH]c1=O.C#Cc1cn([C@H]2CC(O)[C@@H](COP(=O)(O)OP(=O)(O)OP(=O)(O)O)O2)c(=O)[nH]c1=O. The van der Waals surface area contributed by atoms with E-state index in [-0.39, 0.29) is 52.7 Å². The van der Waals surface area contributed by atoms with Crippen LogP contribution in [0.15, 0.2) is 31.6 Å². The van der Waals surface area contributed by atoms with Crippen LogP contribution in [0.25, 0.3) is 0 Å². The number of aliphatic hydroxyl groups is 2. The van der Waals surface area contributed by atoms with E-state index < -0.39 is 120 Å². The highest BCUT2D eigenvalue weighted by atomic mass is 31.3. The predicted octanol–water partition coefficient (Wildman–Crippen LogP) is -0.679. The van der Waals surface area contributed by atoms with Crippen LogP contribution in [-0.4, -0.2) is 106 Å². The van der Waals surface area contributed by atoms with Gasteiger partial charge in [-0.1, -0.05) is 46.0 Å². The van der Waals surface area contributed by atoms with Crippen molar-refractivity contribution >= 4 is 46.9 Å². The fraction of sp³-hybridized carbons (Fsp3) is 0.500. The molecule has 0 radical (unpaired) electrons. The van der Waals surface area contributed by atoms with Crippen LogP contribution in [-0.2, 0) is 63.2 Å². The normalized spacial score (nSPS) is 23.9. The van der Waals surface area contributed by atoms with Gasteiger partial charge in [0.25, 0.3) is 11.1 Å². The molecule has 32 nitrogen and oxygen atoms in total. The van der Waals surface area contributed by atoms with Crippen LogP contribution in [0.2, 0.25) is 0 Å². The number of nitrogens with one attached hydrogen (secondary N) is 2. The molecule has 0 bridgehead atoms. The van der Waals surface area contributed by atoms with Crippen molar-refractivity contribution in [3.63, 3.8) is 0 Å². The molecule has 38 heteroatoms. The zero-order chi connectivity index (χ0) is 47.9. The maximum atomic E-state index is 12.1. The molecule has 0 amide bonds. The van der Waals surface area contributed by atoms with Crippen molar-refractivity contribution in [1.82, 2.24) is 19.1 Å². The van der Waals surface area contributed by atoms with Crippen molar-refractivity contribution < 1.29 is 113 Å². The van der Waals surface area contributed by atoms with E-state index in [1.165, 1.54) is 0 Å². The number of aliphatic hydroxyl groups excluding tert-OH is 2. The Morgan fingerprint density at radius 1 is 0.621 bits per heavy atom. The van der Waals surface area contributed by atoms with E-state index in [1.54, 1.807) is 0 Å². The number of hydrogen-bond donors (Lipinski definition) is 12. The van der Waals surface area contributed by atoms with Crippen LogP contribution in [0.3, 0.4) is 0 Å². The van der Waals surface area contributed by atoms with Crippen molar-refractivity contribution in [2.75, 3.05) is 13.2 Å². The third-order valence-corrected chi connectivity index (χ3v) is 14.8. The smallest absolute Gasteiger partial charge is 0.390 e. The first-order valence-corrected chi connectivity index (χ1v) is 25.1. The van der Waals surface area contributed by atoms with Crippen molar-refractivity contribution in [2.24, 2.45) is 0 Å². The molecule has 6 unspecified atom stereocenters. The molecule has 12 N–H and O–H groups in total. The summed E-state index contributed by atoms with van der Waals surface area (Å²) in [7, 11) is -33.3. The van der Waals surface area contributed by atoms with Crippen LogP contribution >= 0.6 is 46.9 Å². The summed E-state index contributed by atoms with van der Waals surface area (Å²) in [4.78, 5) is 122. The maximum absolute atomic E-state index is 12.1. The Bertz CT molecular complexity index is 2710. The fourth-order valence-corrected chi connectivity index (χ4v) is 10.9. The number of phosphoric ester groups is 2. The molecule has 0 aliphatic carbocycles. The van der Waals surface area contributed by atoms with E-state index in [0.717, 1.165) is 21.5 Å². The second-order valence-corrected chi connectivity index (χ2v) is 20.7. The van der Waals surface area contributed by atoms with Crippen LogP contribution in [0, 0.1) is 36.5 Å². The van der Waals surface area contributed by atoms with Gasteiger partial charge in [-0.15, -0.1) is 12.8 Å². The molecule has 2 fully saturated rings. The third kappa shape index (κ3) is 20.1. The molecule has 374 valence electrons. The Balaban J connectivity index is 0.00000123. The van der Waals surface area contributed by atoms with Gasteiger partial charge < -0.3 is 58.8 Å². The summed E-state index contributed by atoms with van der Waals surface area (Å²) >= 11 is 0. The first-order chi connectivity index (χ1) is 28.7. The van der Waals surface area contributed by atoms with Gasteiger partial charge in [0, 0.05) is 25.2 Å². The summed E-state index contributed by atoms with van der Waals surface area (Å²) in [6, 6.07) is 0.